The summed E-state index contributed by atoms with van der Waals surface area (Å²) in [6, 6.07) is 2.89. The molecule has 0 radical (unpaired) electrons. The average Bonchev–Trinajstić information content (AvgIpc) is 2.13. The zero-order valence-electron chi connectivity index (χ0n) is 9.19. The normalized spacial score (nSPS) is 12.3. The van der Waals surface area contributed by atoms with Crippen molar-refractivity contribution in [3.05, 3.63) is 18.2 Å². The highest BCUT2D eigenvalue weighted by molar-refractivity contribution is 7.89. The molecule has 2 N–H and O–H groups in total. The molecule has 0 spiro atoms. The van der Waals surface area contributed by atoms with E-state index in [1.54, 1.807) is 6.92 Å². The SMILES string of the molecule is CCOc1ccc(S(N)(=O)=O)c(OC(F)(F)F)c1. The van der Waals surface area contributed by atoms with Crippen LogP contribution in [-0.2, 0) is 10.0 Å². The van der Waals surface area contributed by atoms with Gasteiger partial charge in [-0.2, -0.15) is 0 Å². The third kappa shape index (κ3) is 4.08. The lowest BCUT2D eigenvalue weighted by molar-refractivity contribution is -0.275. The van der Waals surface area contributed by atoms with Gasteiger partial charge in [-0.3, -0.25) is 0 Å². The lowest BCUT2D eigenvalue weighted by Crippen LogP contribution is -2.21. The van der Waals surface area contributed by atoms with Crippen molar-refractivity contribution in [2.24, 2.45) is 5.14 Å². The van der Waals surface area contributed by atoms with E-state index in [1.165, 1.54) is 6.07 Å². The second kappa shape index (κ2) is 5.02. The predicted molar refractivity (Wildman–Crippen MR) is 55.7 cm³/mol. The van der Waals surface area contributed by atoms with Crippen LogP contribution in [0.25, 0.3) is 0 Å². The third-order valence-corrected chi connectivity index (χ3v) is 2.71. The van der Waals surface area contributed by atoms with Gasteiger partial charge in [0.1, 0.15) is 10.6 Å². The predicted octanol–water partition coefficient (Wildman–Crippen LogP) is 1.63. The fourth-order valence-electron chi connectivity index (χ4n) is 1.18. The van der Waals surface area contributed by atoms with Gasteiger partial charge in [0.25, 0.3) is 0 Å². The minimum Gasteiger partial charge on any atom is -0.494 e. The van der Waals surface area contributed by atoms with Gasteiger partial charge in [-0.15, -0.1) is 13.2 Å². The van der Waals surface area contributed by atoms with Crippen LogP contribution in [0.4, 0.5) is 13.2 Å². The topological polar surface area (TPSA) is 78.6 Å². The molecule has 0 bridgehead atoms. The number of sulfonamides is 1. The highest BCUT2D eigenvalue weighted by Gasteiger charge is 2.33. The molecule has 0 aliphatic rings. The number of ether oxygens (including phenoxy) is 2. The van der Waals surface area contributed by atoms with Crippen LogP contribution in [0, 0.1) is 0 Å². The van der Waals surface area contributed by atoms with Crippen LogP contribution >= 0.6 is 0 Å². The van der Waals surface area contributed by atoms with E-state index in [-0.39, 0.29) is 12.4 Å². The van der Waals surface area contributed by atoms with Gasteiger partial charge in [0, 0.05) is 6.07 Å². The Balaban J connectivity index is 3.27. The van der Waals surface area contributed by atoms with Gasteiger partial charge in [-0.05, 0) is 19.1 Å². The van der Waals surface area contributed by atoms with Crippen molar-refractivity contribution < 1.29 is 31.1 Å². The largest absolute Gasteiger partial charge is 0.573 e. The number of primary sulfonamides is 1. The van der Waals surface area contributed by atoms with Gasteiger partial charge in [-0.1, -0.05) is 0 Å². The second-order valence-corrected chi connectivity index (χ2v) is 4.66. The van der Waals surface area contributed by atoms with E-state index in [9.17, 15) is 21.6 Å². The van der Waals surface area contributed by atoms with Crippen molar-refractivity contribution in [2.75, 3.05) is 6.61 Å². The molecule has 1 aromatic rings. The first-order valence-corrected chi connectivity index (χ1v) is 6.23. The van der Waals surface area contributed by atoms with Crippen LogP contribution in [0.15, 0.2) is 23.1 Å². The lowest BCUT2D eigenvalue weighted by atomic mass is 10.3. The highest BCUT2D eigenvalue weighted by Crippen LogP contribution is 2.32. The summed E-state index contributed by atoms with van der Waals surface area (Å²) in [5.41, 5.74) is 0. The fraction of sp³-hybridized carbons (Fsp3) is 0.333. The van der Waals surface area contributed by atoms with Gasteiger partial charge >= 0.3 is 6.36 Å². The van der Waals surface area contributed by atoms with Crippen molar-refractivity contribution in [3.63, 3.8) is 0 Å². The number of alkyl halides is 3. The first-order chi connectivity index (χ1) is 8.13. The standard InChI is InChI=1S/C9H10F3NO4S/c1-2-16-6-3-4-8(18(13,14)15)7(5-6)17-9(10,11)12/h3-5H,2H2,1H3,(H2,13,14,15). The second-order valence-electron chi connectivity index (χ2n) is 3.13. The van der Waals surface area contributed by atoms with Gasteiger partial charge in [-0.25, -0.2) is 13.6 Å². The summed E-state index contributed by atoms with van der Waals surface area (Å²) in [5.74, 6) is -0.875. The number of nitrogens with two attached hydrogens (primary N) is 1. The zero-order valence-corrected chi connectivity index (χ0v) is 10.0. The van der Waals surface area contributed by atoms with E-state index in [0.29, 0.717) is 0 Å². The van der Waals surface area contributed by atoms with Gasteiger partial charge in [0.2, 0.25) is 10.0 Å². The summed E-state index contributed by atoms with van der Waals surface area (Å²) in [6.07, 6.45) is -5.02. The Labute approximate surface area is 101 Å². The summed E-state index contributed by atoms with van der Waals surface area (Å²) >= 11 is 0. The Morgan fingerprint density at radius 3 is 2.39 bits per heavy atom. The molecule has 0 heterocycles. The van der Waals surface area contributed by atoms with Crippen molar-refractivity contribution in [1.29, 1.82) is 0 Å². The van der Waals surface area contributed by atoms with E-state index >= 15 is 0 Å². The number of halogens is 3. The van der Waals surface area contributed by atoms with Crippen molar-refractivity contribution in [3.8, 4) is 11.5 Å². The summed E-state index contributed by atoms with van der Waals surface area (Å²) in [5, 5.41) is 4.78. The van der Waals surface area contributed by atoms with E-state index in [1.807, 2.05) is 0 Å². The number of benzene rings is 1. The molecule has 0 aliphatic carbocycles. The van der Waals surface area contributed by atoms with E-state index in [0.717, 1.165) is 12.1 Å². The molecule has 1 aromatic carbocycles. The van der Waals surface area contributed by atoms with Crippen LogP contribution in [0.3, 0.4) is 0 Å². The molecule has 0 amide bonds. The molecule has 0 unspecified atom stereocenters. The van der Waals surface area contributed by atoms with Crippen LogP contribution in [0.5, 0.6) is 11.5 Å². The third-order valence-electron chi connectivity index (χ3n) is 1.76. The van der Waals surface area contributed by atoms with Crippen LogP contribution < -0.4 is 14.6 Å². The summed E-state index contributed by atoms with van der Waals surface area (Å²) in [4.78, 5) is -0.761. The minimum absolute atomic E-state index is 0.0455. The maximum absolute atomic E-state index is 12.1. The maximum atomic E-state index is 12.1. The Kier molecular flexibility index (Phi) is 4.07. The Morgan fingerprint density at radius 2 is 1.94 bits per heavy atom. The molecular formula is C9H10F3NO4S. The molecule has 9 heteroatoms. The van der Waals surface area contributed by atoms with E-state index in [4.69, 9.17) is 9.88 Å². The minimum atomic E-state index is -5.02. The molecular weight excluding hydrogens is 275 g/mol. The summed E-state index contributed by atoms with van der Waals surface area (Å²) in [7, 11) is -4.32. The average molecular weight is 285 g/mol. The van der Waals surface area contributed by atoms with Crippen LogP contribution in [-0.4, -0.2) is 21.4 Å². The zero-order chi connectivity index (χ0) is 14.0. The highest BCUT2D eigenvalue weighted by atomic mass is 32.2. The molecule has 0 aliphatic heterocycles. The quantitative estimate of drug-likeness (QED) is 0.912. The fourth-order valence-corrected chi connectivity index (χ4v) is 1.82. The molecule has 0 saturated carbocycles. The molecule has 5 nitrogen and oxygen atoms in total. The van der Waals surface area contributed by atoms with Crippen molar-refractivity contribution in [1.82, 2.24) is 0 Å². The molecule has 102 valence electrons. The van der Waals surface area contributed by atoms with Crippen LogP contribution in [0.1, 0.15) is 6.92 Å². The Morgan fingerprint density at radius 1 is 1.33 bits per heavy atom. The monoisotopic (exact) mass is 285 g/mol. The molecule has 0 fully saturated rings. The first-order valence-electron chi connectivity index (χ1n) is 4.69. The molecule has 0 atom stereocenters. The number of hydrogen-bond donors (Lipinski definition) is 1. The van der Waals surface area contributed by atoms with Crippen molar-refractivity contribution in [2.45, 2.75) is 18.2 Å². The molecule has 0 saturated heterocycles. The summed E-state index contributed by atoms with van der Waals surface area (Å²) in [6.45, 7) is 1.83. The maximum Gasteiger partial charge on any atom is 0.573 e. The van der Waals surface area contributed by atoms with E-state index in [2.05, 4.69) is 4.74 Å². The van der Waals surface area contributed by atoms with Crippen molar-refractivity contribution >= 4 is 10.0 Å². The van der Waals surface area contributed by atoms with E-state index < -0.39 is 27.0 Å². The summed E-state index contributed by atoms with van der Waals surface area (Å²) < 4.78 is 67.1. The van der Waals surface area contributed by atoms with Gasteiger partial charge < -0.3 is 9.47 Å². The number of rotatable bonds is 4. The molecule has 0 aromatic heterocycles. The Bertz CT molecular complexity index is 527. The smallest absolute Gasteiger partial charge is 0.494 e. The Hall–Kier alpha value is -1.48. The molecule has 18 heavy (non-hydrogen) atoms. The lowest BCUT2D eigenvalue weighted by Gasteiger charge is -2.13. The number of hydrogen-bond acceptors (Lipinski definition) is 4. The molecule has 1 rings (SSSR count). The van der Waals surface area contributed by atoms with Gasteiger partial charge in [0.15, 0.2) is 5.75 Å². The first kappa shape index (κ1) is 14.6. The van der Waals surface area contributed by atoms with Crippen LogP contribution in [0.2, 0.25) is 0 Å². The van der Waals surface area contributed by atoms with Gasteiger partial charge in [0.05, 0.1) is 6.61 Å².